The number of morpholine rings is 1. The van der Waals surface area contributed by atoms with Crippen molar-refractivity contribution in [2.75, 3.05) is 19.8 Å². The van der Waals surface area contributed by atoms with E-state index < -0.39 is 10.0 Å². The van der Waals surface area contributed by atoms with E-state index in [9.17, 15) is 13.2 Å². The standard InChI is InChI=1S/C18H21N3O4S/c1-14-13-25-9-8-21(14)26(23,24)17-6-2-5-16(10-17)18(22)20-12-15-4-3-7-19-11-15/h2-7,10-11,14H,8-9,12-13H2,1H3,(H,20,22). The summed E-state index contributed by atoms with van der Waals surface area (Å²) >= 11 is 0. The van der Waals surface area contributed by atoms with Crippen molar-refractivity contribution in [3.63, 3.8) is 0 Å². The molecule has 1 amide bonds. The monoisotopic (exact) mass is 375 g/mol. The number of benzene rings is 1. The fraction of sp³-hybridized carbons (Fsp3) is 0.333. The Morgan fingerprint density at radius 2 is 2.19 bits per heavy atom. The third-order valence-electron chi connectivity index (χ3n) is 4.19. The number of carbonyl (C=O) groups excluding carboxylic acids is 1. The second-order valence-corrected chi connectivity index (χ2v) is 8.00. The van der Waals surface area contributed by atoms with Gasteiger partial charge in [0.05, 0.1) is 18.1 Å². The number of rotatable bonds is 5. The van der Waals surface area contributed by atoms with Crippen LogP contribution in [0.3, 0.4) is 0 Å². The normalized spacial score (nSPS) is 18.4. The summed E-state index contributed by atoms with van der Waals surface area (Å²) in [5.74, 6) is -0.332. The Morgan fingerprint density at radius 1 is 1.35 bits per heavy atom. The van der Waals surface area contributed by atoms with Gasteiger partial charge in [0.2, 0.25) is 10.0 Å². The fourth-order valence-electron chi connectivity index (χ4n) is 2.79. The van der Waals surface area contributed by atoms with Crippen molar-refractivity contribution in [3.05, 3.63) is 59.9 Å². The van der Waals surface area contributed by atoms with E-state index in [4.69, 9.17) is 4.74 Å². The van der Waals surface area contributed by atoms with Gasteiger partial charge in [0, 0.05) is 37.1 Å². The Kier molecular flexibility index (Phi) is 5.65. The van der Waals surface area contributed by atoms with Gasteiger partial charge in [-0.3, -0.25) is 9.78 Å². The van der Waals surface area contributed by atoms with Gasteiger partial charge < -0.3 is 10.1 Å². The highest BCUT2D eigenvalue weighted by molar-refractivity contribution is 7.89. The molecule has 0 radical (unpaired) electrons. The molecule has 0 bridgehead atoms. The Bertz CT molecular complexity index is 871. The molecule has 1 fully saturated rings. The molecule has 2 aromatic rings. The van der Waals surface area contributed by atoms with E-state index in [1.807, 2.05) is 6.07 Å². The molecule has 2 heterocycles. The maximum atomic E-state index is 12.9. The molecule has 1 aliphatic heterocycles. The summed E-state index contributed by atoms with van der Waals surface area (Å²) in [7, 11) is -3.67. The zero-order valence-electron chi connectivity index (χ0n) is 14.5. The number of amides is 1. The average molecular weight is 375 g/mol. The lowest BCUT2D eigenvalue weighted by molar-refractivity contribution is 0.0392. The summed E-state index contributed by atoms with van der Waals surface area (Å²) in [6.45, 7) is 3.17. The van der Waals surface area contributed by atoms with Crippen molar-refractivity contribution in [3.8, 4) is 0 Å². The number of ether oxygens (including phenoxy) is 1. The van der Waals surface area contributed by atoms with Crippen LogP contribution in [-0.4, -0.2) is 49.4 Å². The van der Waals surface area contributed by atoms with Gasteiger partial charge in [-0.15, -0.1) is 0 Å². The number of hydrogen-bond acceptors (Lipinski definition) is 5. The molecule has 1 aromatic heterocycles. The minimum Gasteiger partial charge on any atom is -0.378 e. The quantitative estimate of drug-likeness (QED) is 0.854. The third-order valence-corrected chi connectivity index (χ3v) is 6.19. The van der Waals surface area contributed by atoms with Gasteiger partial charge >= 0.3 is 0 Å². The fourth-order valence-corrected chi connectivity index (χ4v) is 4.44. The zero-order valence-corrected chi connectivity index (χ0v) is 15.3. The van der Waals surface area contributed by atoms with Crippen molar-refractivity contribution in [1.29, 1.82) is 0 Å². The maximum Gasteiger partial charge on any atom is 0.251 e. The summed E-state index contributed by atoms with van der Waals surface area (Å²) in [6, 6.07) is 9.51. The molecule has 8 heteroatoms. The molecule has 0 aliphatic carbocycles. The lowest BCUT2D eigenvalue weighted by Crippen LogP contribution is -2.46. The zero-order chi connectivity index (χ0) is 18.6. The minimum absolute atomic E-state index is 0.111. The predicted molar refractivity (Wildman–Crippen MR) is 96.0 cm³/mol. The van der Waals surface area contributed by atoms with E-state index in [0.29, 0.717) is 31.9 Å². The highest BCUT2D eigenvalue weighted by atomic mass is 32.2. The first-order valence-electron chi connectivity index (χ1n) is 8.35. The van der Waals surface area contributed by atoms with Crippen LogP contribution >= 0.6 is 0 Å². The SMILES string of the molecule is CC1COCCN1S(=O)(=O)c1cccc(C(=O)NCc2cccnc2)c1. The molecule has 7 nitrogen and oxygen atoms in total. The molecule has 1 aliphatic rings. The highest BCUT2D eigenvalue weighted by Gasteiger charge is 2.31. The summed E-state index contributed by atoms with van der Waals surface area (Å²) < 4.78 is 32.5. The molecule has 0 spiro atoms. The van der Waals surface area contributed by atoms with Crippen LogP contribution in [0.2, 0.25) is 0 Å². The van der Waals surface area contributed by atoms with Crippen LogP contribution in [0, 0.1) is 0 Å². The van der Waals surface area contributed by atoms with Crippen molar-refractivity contribution >= 4 is 15.9 Å². The molecule has 1 saturated heterocycles. The number of carbonyl (C=O) groups is 1. The van der Waals surface area contributed by atoms with Gasteiger partial charge in [0.1, 0.15) is 0 Å². The smallest absolute Gasteiger partial charge is 0.251 e. The molecule has 1 N–H and O–H groups in total. The van der Waals surface area contributed by atoms with Crippen LogP contribution in [0.5, 0.6) is 0 Å². The van der Waals surface area contributed by atoms with E-state index >= 15 is 0 Å². The predicted octanol–water partition coefficient (Wildman–Crippen LogP) is 1.42. The average Bonchev–Trinajstić information content (AvgIpc) is 2.67. The van der Waals surface area contributed by atoms with Gasteiger partial charge in [0.15, 0.2) is 0 Å². The van der Waals surface area contributed by atoms with Gasteiger partial charge in [-0.05, 0) is 36.8 Å². The first-order chi connectivity index (χ1) is 12.5. The summed E-state index contributed by atoms with van der Waals surface area (Å²) in [4.78, 5) is 16.5. The minimum atomic E-state index is -3.67. The second-order valence-electron chi connectivity index (χ2n) is 6.11. The molecule has 1 atom stereocenters. The Hall–Kier alpha value is -2.29. The van der Waals surface area contributed by atoms with Crippen LogP contribution in [0.4, 0.5) is 0 Å². The molecular weight excluding hydrogens is 354 g/mol. The number of hydrogen-bond donors (Lipinski definition) is 1. The molecule has 26 heavy (non-hydrogen) atoms. The van der Waals surface area contributed by atoms with Crippen molar-refractivity contribution in [1.82, 2.24) is 14.6 Å². The summed E-state index contributed by atoms with van der Waals surface area (Å²) in [5, 5.41) is 2.77. The van der Waals surface area contributed by atoms with E-state index in [1.165, 1.54) is 16.4 Å². The first kappa shape index (κ1) is 18.5. The van der Waals surface area contributed by atoms with Crippen LogP contribution in [-0.2, 0) is 21.3 Å². The highest BCUT2D eigenvalue weighted by Crippen LogP contribution is 2.21. The van der Waals surface area contributed by atoms with Crippen molar-refractivity contribution < 1.29 is 17.9 Å². The van der Waals surface area contributed by atoms with Gasteiger partial charge in [-0.2, -0.15) is 4.31 Å². The topological polar surface area (TPSA) is 88.6 Å². The van der Waals surface area contributed by atoms with Gasteiger partial charge in [0.25, 0.3) is 5.91 Å². The number of nitrogens with one attached hydrogen (secondary N) is 1. The lowest BCUT2D eigenvalue weighted by atomic mass is 10.2. The Labute approximate surface area is 153 Å². The number of sulfonamides is 1. The summed E-state index contributed by atoms with van der Waals surface area (Å²) in [5.41, 5.74) is 1.17. The molecule has 3 rings (SSSR count). The van der Waals surface area contributed by atoms with E-state index in [0.717, 1.165) is 5.56 Å². The first-order valence-corrected chi connectivity index (χ1v) is 9.79. The van der Waals surface area contributed by atoms with Crippen LogP contribution in [0.1, 0.15) is 22.8 Å². The van der Waals surface area contributed by atoms with Crippen molar-refractivity contribution in [2.24, 2.45) is 0 Å². The van der Waals surface area contributed by atoms with Gasteiger partial charge in [-0.1, -0.05) is 12.1 Å². The van der Waals surface area contributed by atoms with E-state index in [1.54, 1.807) is 37.5 Å². The van der Waals surface area contributed by atoms with Crippen LogP contribution < -0.4 is 5.32 Å². The number of aromatic nitrogens is 1. The maximum absolute atomic E-state index is 12.9. The summed E-state index contributed by atoms with van der Waals surface area (Å²) in [6.07, 6.45) is 3.33. The molecule has 138 valence electrons. The number of nitrogens with zero attached hydrogens (tertiary/aromatic N) is 2. The Morgan fingerprint density at radius 3 is 2.92 bits per heavy atom. The lowest BCUT2D eigenvalue weighted by Gasteiger charge is -2.32. The third kappa shape index (κ3) is 4.09. The van der Waals surface area contributed by atoms with E-state index in [-0.39, 0.29) is 16.8 Å². The molecular formula is C18H21N3O4S. The van der Waals surface area contributed by atoms with Crippen LogP contribution in [0.15, 0.2) is 53.7 Å². The second kappa shape index (κ2) is 7.94. The van der Waals surface area contributed by atoms with Gasteiger partial charge in [-0.25, -0.2) is 8.42 Å². The molecule has 1 aromatic carbocycles. The number of pyridine rings is 1. The molecule has 0 saturated carbocycles. The Balaban J connectivity index is 1.76. The molecule has 1 unspecified atom stereocenters. The van der Waals surface area contributed by atoms with E-state index in [2.05, 4.69) is 10.3 Å². The van der Waals surface area contributed by atoms with Crippen molar-refractivity contribution in [2.45, 2.75) is 24.4 Å². The van der Waals surface area contributed by atoms with Crippen LogP contribution in [0.25, 0.3) is 0 Å². The largest absolute Gasteiger partial charge is 0.378 e.